The average molecular weight is 790 g/mol. The highest BCUT2D eigenvalue weighted by molar-refractivity contribution is 5.97. The van der Waals surface area contributed by atoms with Gasteiger partial charge >= 0.3 is 0 Å². The lowest BCUT2D eigenvalue weighted by atomic mass is 9.48. The third kappa shape index (κ3) is 4.84. The second kappa shape index (κ2) is 12.3. The van der Waals surface area contributed by atoms with Gasteiger partial charge in [-0.15, -0.1) is 0 Å². The number of hydrogen-bond acceptors (Lipinski definition) is 1. The number of fused-ring (bicyclic) bond motifs is 13. The summed E-state index contributed by atoms with van der Waals surface area (Å²) < 4.78 is 0. The normalized spacial score (nSPS) is 25.2. The quantitative estimate of drug-likeness (QED) is 0.172. The summed E-state index contributed by atoms with van der Waals surface area (Å²) in [6, 6.07) is 59.6. The van der Waals surface area contributed by atoms with Crippen molar-refractivity contribution in [1.29, 1.82) is 0 Å². The van der Waals surface area contributed by atoms with Gasteiger partial charge in [-0.1, -0.05) is 150 Å². The molecule has 7 aliphatic rings. The molecule has 1 atom stereocenters. The molecule has 4 fully saturated rings. The molecular weight excluding hydrogens is 735 g/mol. The second-order valence-electron chi connectivity index (χ2n) is 21.6. The van der Waals surface area contributed by atoms with Crippen LogP contribution in [0.3, 0.4) is 0 Å². The molecule has 14 rings (SSSR count). The van der Waals surface area contributed by atoms with Crippen LogP contribution in [-0.2, 0) is 21.7 Å². The Morgan fingerprint density at radius 3 is 1.48 bits per heavy atom. The lowest BCUT2D eigenvalue weighted by molar-refractivity contribution is -0.00516. The van der Waals surface area contributed by atoms with Gasteiger partial charge in [0.1, 0.15) is 0 Å². The summed E-state index contributed by atoms with van der Waals surface area (Å²) >= 11 is 0. The minimum atomic E-state index is -0.427. The molecule has 0 aliphatic heterocycles. The summed E-state index contributed by atoms with van der Waals surface area (Å²) in [7, 11) is 0. The van der Waals surface area contributed by atoms with E-state index < -0.39 is 5.41 Å². The van der Waals surface area contributed by atoms with Gasteiger partial charge in [-0.3, -0.25) is 0 Å². The zero-order valence-electron chi connectivity index (χ0n) is 36.4. The summed E-state index contributed by atoms with van der Waals surface area (Å²) in [6.07, 6.45) is 8.47. The van der Waals surface area contributed by atoms with Gasteiger partial charge in [-0.25, -0.2) is 0 Å². The molecule has 7 aromatic carbocycles. The Bertz CT molecular complexity index is 2940. The monoisotopic (exact) mass is 789 g/mol. The fraction of sp³-hybridized carbons (Fsp3) is 0.300. The standard InChI is InChI=1S/C60H55N/c1-57(2,3)40-21-24-49-46-16-7-10-19-52(46)60(55(49)31-40)53-20-11-8-17-47(53)50-26-23-44(33-56(50)60)61(43-22-25-48-45-15-6-9-18-51(45)58(4,5)54(48)32-43)42-14-12-13-41(30-42)59-34-37-27-38(35-59)29-39(28-37)36-59/h6-26,30-33,37-39H,27-29,34-36H2,1-5H3. The minimum absolute atomic E-state index is 0.0211. The smallest absolute Gasteiger partial charge is 0.0726 e. The predicted molar refractivity (Wildman–Crippen MR) is 254 cm³/mol. The molecule has 0 heterocycles. The Hall–Kier alpha value is -5.66. The van der Waals surface area contributed by atoms with Gasteiger partial charge in [0, 0.05) is 22.5 Å². The van der Waals surface area contributed by atoms with Crippen LogP contribution in [0.5, 0.6) is 0 Å². The molecule has 7 aliphatic carbocycles. The lowest BCUT2D eigenvalue weighted by Gasteiger charge is -2.57. The summed E-state index contributed by atoms with van der Waals surface area (Å²) in [5.74, 6) is 2.70. The molecule has 4 bridgehead atoms. The highest BCUT2D eigenvalue weighted by Crippen LogP contribution is 2.65. The van der Waals surface area contributed by atoms with Crippen LogP contribution in [0.1, 0.15) is 118 Å². The van der Waals surface area contributed by atoms with Crippen molar-refractivity contribution in [3.63, 3.8) is 0 Å². The van der Waals surface area contributed by atoms with Crippen LogP contribution in [0.25, 0.3) is 33.4 Å². The largest absolute Gasteiger partial charge is 0.310 e. The number of rotatable bonds is 4. The van der Waals surface area contributed by atoms with Gasteiger partial charge in [0.2, 0.25) is 0 Å². The van der Waals surface area contributed by atoms with Crippen molar-refractivity contribution in [2.24, 2.45) is 17.8 Å². The minimum Gasteiger partial charge on any atom is -0.310 e. The summed E-state index contributed by atoms with van der Waals surface area (Å²) in [6.45, 7) is 11.9. The molecule has 0 radical (unpaired) electrons. The summed E-state index contributed by atoms with van der Waals surface area (Å²) in [4.78, 5) is 2.62. The second-order valence-corrected chi connectivity index (χ2v) is 21.6. The molecule has 4 saturated carbocycles. The zero-order valence-corrected chi connectivity index (χ0v) is 36.4. The molecule has 1 nitrogen and oxygen atoms in total. The molecule has 61 heavy (non-hydrogen) atoms. The maximum absolute atomic E-state index is 2.62. The molecule has 1 unspecified atom stereocenters. The van der Waals surface area contributed by atoms with E-state index in [2.05, 4.69) is 191 Å². The van der Waals surface area contributed by atoms with E-state index in [0.717, 1.165) is 17.8 Å². The topological polar surface area (TPSA) is 3.24 Å². The maximum Gasteiger partial charge on any atom is 0.0726 e. The van der Waals surface area contributed by atoms with E-state index >= 15 is 0 Å². The van der Waals surface area contributed by atoms with Crippen molar-refractivity contribution in [1.82, 2.24) is 0 Å². The molecule has 0 saturated heterocycles. The number of anilines is 3. The lowest BCUT2D eigenvalue weighted by Crippen LogP contribution is -2.48. The van der Waals surface area contributed by atoms with Crippen molar-refractivity contribution in [2.75, 3.05) is 4.90 Å². The van der Waals surface area contributed by atoms with Crippen LogP contribution in [-0.4, -0.2) is 0 Å². The van der Waals surface area contributed by atoms with Crippen LogP contribution in [0.2, 0.25) is 0 Å². The van der Waals surface area contributed by atoms with Crippen LogP contribution in [0.15, 0.2) is 152 Å². The molecule has 0 N–H and O–H groups in total. The van der Waals surface area contributed by atoms with Gasteiger partial charge in [0.05, 0.1) is 5.41 Å². The number of benzene rings is 7. The molecule has 7 aromatic rings. The number of hydrogen-bond donors (Lipinski definition) is 0. The van der Waals surface area contributed by atoms with Gasteiger partial charge in [0.15, 0.2) is 0 Å². The fourth-order valence-electron chi connectivity index (χ4n) is 14.5. The van der Waals surface area contributed by atoms with Gasteiger partial charge in [-0.05, 0) is 181 Å². The van der Waals surface area contributed by atoms with Crippen molar-refractivity contribution in [3.8, 4) is 33.4 Å². The van der Waals surface area contributed by atoms with E-state index in [0.29, 0.717) is 5.41 Å². The maximum atomic E-state index is 2.62. The van der Waals surface area contributed by atoms with Crippen molar-refractivity contribution >= 4 is 17.1 Å². The van der Waals surface area contributed by atoms with E-state index in [-0.39, 0.29) is 10.8 Å². The zero-order chi connectivity index (χ0) is 41.0. The van der Waals surface area contributed by atoms with Gasteiger partial charge in [-0.2, -0.15) is 0 Å². The van der Waals surface area contributed by atoms with Crippen molar-refractivity contribution in [2.45, 2.75) is 94.8 Å². The Labute approximate surface area is 362 Å². The van der Waals surface area contributed by atoms with E-state index in [1.807, 2.05) is 0 Å². The van der Waals surface area contributed by atoms with E-state index in [1.165, 1.54) is 128 Å². The third-order valence-corrected chi connectivity index (χ3v) is 16.8. The van der Waals surface area contributed by atoms with Gasteiger partial charge in [0.25, 0.3) is 0 Å². The van der Waals surface area contributed by atoms with Crippen LogP contribution < -0.4 is 4.90 Å². The van der Waals surface area contributed by atoms with E-state index in [4.69, 9.17) is 0 Å². The summed E-state index contributed by atoms with van der Waals surface area (Å²) in [5.41, 5.74) is 23.0. The van der Waals surface area contributed by atoms with Crippen LogP contribution >= 0.6 is 0 Å². The van der Waals surface area contributed by atoms with Crippen molar-refractivity contribution in [3.05, 3.63) is 196 Å². The molecule has 0 amide bonds. The molecule has 0 aromatic heterocycles. The Morgan fingerprint density at radius 2 is 0.885 bits per heavy atom. The van der Waals surface area contributed by atoms with Crippen LogP contribution in [0.4, 0.5) is 17.1 Å². The number of nitrogens with zero attached hydrogens (tertiary/aromatic N) is 1. The highest BCUT2D eigenvalue weighted by atomic mass is 15.1. The third-order valence-electron chi connectivity index (χ3n) is 16.8. The first-order valence-electron chi connectivity index (χ1n) is 23.2. The molecule has 1 spiro atoms. The Kier molecular flexibility index (Phi) is 7.24. The average Bonchev–Trinajstić information content (AvgIpc) is 3.81. The molecule has 1 heteroatoms. The van der Waals surface area contributed by atoms with E-state index in [9.17, 15) is 0 Å². The summed E-state index contributed by atoms with van der Waals surface area (Å²) in [5, 5.41) is 0. The first-order chi connectivity index (χ1) is 29.5. The predicted octanol–water partition coefficient (Wildman–Crippen LogP) is 15.6. The van der Waals surface area contributed by atoms with Gasteiger partial charge < -0.3 is 4.90 Å². The molecule has 300 valence electrons. The van der Waals surface area contributed by atoms with Crippen molar-refractivity contribution < 1.29 is 0 Å². The van der Waals surface area contributed by atoms with E-state index in [1.54, 1.807) is 5.56 Å². The Balaban J connectivity index is 1.05. The SMILES string of the molecule is CC(C)(C)c1ccc2c(c1)C1(c3ccccc3-c3ccc(N(c4cccc(C56CC7CC(CC(C7)C5)C6)c4)c4ccc5c(c4)C(C)(C)c4ccccc4-5)cc31)c1ccccc1-2. The first-order valence-corrected chi connectivity index (χ1v) is 23.2. The molecular formula is C60H55N. The van der Waals surface area contributed by atoms with Crippen LogP contribution in [0, 0.1) is 17.8 Å². The first kappa shape index (κ1) is 36.0. The highest BCUT2D eigenvalue weighted by Gasteiger charge is 2.53. The Morgan fingerprint density at radius 1 is 0.426 bits per heavy atom. The fourth-order valence-corrected chi connectivity index (χ4v) is 14.5.